The van der Waals surface area contributed by atoms with E-state index in [-0.39, 0.29) is 6.61 Å². The fourth-order valence-corrected chi connectivity index (χ4v) is 0.838. The first-order valence-electron chi connectivity index (χ1n) is 2.99. The van der Waals surface area contributed by atoms with Crippen LogP contribution in [0.3, 0.4) is 0 Å². The molecule has 0 aliphatic rings. The zero-order valence-corrected chi connectivity index (χ0v) is 6.43. The maximum absolute atomic E-state index is 10.5. The maximum atomic E-state index is 10.5. The predicted molar refractivity (Wildman–Crippen MR) is 35.8 cm³/mol. The van der Waals surface area contributed by atoms with E-state index in [0.29, 0.717) is 19.2 Å². The van der Waals surface area contributed by atoms with Gasteiger partial charge in [-0.15, -0.1) is 4.52 Å². The minimum atomic E-state index is -1.45. The Morgan fingerprint density at radius 1 is 1.67 bits per heavy atom. The molecule has 0 saturated heterocycles. The Morgan fingerprint density at radius 3 is 2.78 bits per heavy atom. The minimum absolute atomic E-state index is 0.104. The molecule has 0 saturated carbocycles. The Kier molecular flexibility index (Phi) is 6.16. The van der Waals surface area contributed by atoms with Crippen molar-refractivity contribution in [3.8, 4) is 0 Å². The number of hydrogen-bond donors (Lipinski definition) is 1. The van der Waals surface area contributed by atoms with E-state index >= 15 is 0 Å². The molecule has 0 bridgehead atoms. The van der Waals surface area contributed by atoms with E-state index in [0.717, 1.165) is 0 Å². The molecule has 0 aliphatic heterocycles. The van der Waals surface area contributed by atoms with Crippen LogP contribution in [0.1, 0.15) is 13.3 Å². The topological polar surface area (TPSA) is 46.5 Å². The van der Waals surface area contributed by atoms with Gasteiger partial charge in [-0.2, -0.15) is 0 Å². The summed E-state index contributed by atoms with van der Waals surface area (Å²) in [7, 11) is -1.45. The highest BCUT2D eigenvalue weighted by Crippen LogP contribution is 2.20. The van der Waals surface area contributed by atoms with Crippen molar-refractivity contribution in [2.75, 3.05) is 19.4 Å². The van der Waals surface area contributed by atoms with Crippen molar-refractivity contribution in [2.24, 2.45) is 0 Å². The second kappa shape index (κ2) is 6.14. The number of rotatable bonds is 5. The molecule has 0 rings (SSSR count). The molecule has 0 aromatic heterocycles. The summed E-state index contributed by atoms with van der Waals surface area (Å²) in [5.74, 6) is 0. The lowest BCUT2D eigenvalue weighted by Gasteiger charge is -1.86. The number of hydrogen-bond acceptors (Lipinski definition) is 3. The molecular formula is C5H12O3P+. The summed E-state index contributed by atoms with van der Waals surface area (Å²) in [6, 6.07) is 0. The molecule has 1 unspecified atom stereocenters. The quantitative estimate of drug-likeness (QED) is 0.473. The van der Waals surface area contributed by atoms with E-state index < -0.39 is 8.03 Å². The largest absolute Gasteiger partial charge is 0.507 e. The van der Waals surface area contributed by atoms with Gasteiger partial charge in [0.15, 0.2) is 6.16 Å². The van der Waals surface area contributed by atoms with Gasteiger partial charge in [0.25, 0.3) is 0 Å². The fraction of sp³-hybridized carbons (Fsp3) is 1.00. The van der Waals surface area contributed by atoms with Crippen LogP contribution in [-0.4, -0.2) is 24.5 Å². The van der Waals surface area contributed by atoms with E-state index in [9.17, 15) is 4.57 Å². The van der Waals surface area contributed by atoms with Crippen molar-refractivity contribution in [3.05, 3.63) is 0 Å². The second-order valence-corrected chi connectivity index (χ2v) is 3.12. The van der Waals surface area contributed by atoms with E-state index in [4.69, 9.17) is 9.63 Å². The van der Waals surface area contributed by atoms with Gasteiger partial charge in [0, 0.05) is 6.61 Å². The van der Waals surface area contributed by atoms with Crippen molar-refractivity contribution < 1.29 is 14.2 Å². The summed E-state index contributed by atoms with van der Waals surface area (Å²) in [5.41, 5.74) is 0. The second-order valence-electron chi connectivity index (χ2n) is 1.56. The summed E-state index contributed by atoms with van der Waals surface area (Å²) in [4.78, 5) is 0. The van der Waals surface area contributed by atoms with Crippen LogP contribution in [0.15, 0.2) is 0 Å². The van der Waals surface area contributed by atoms with Gasteiger partial charge in [0.05, 0.1) is 0 Å². The molecule has 9 heavy (non-hydrogen) atoms. The smallest absolute Gasteiger partial charge is 0.396 e. The lowest BCUT2D eigenvalue weighted by atomic mass is 10.5. The zero-order valence-electron chi connectivity index (χ0n) is 5.54. The molecule has 0 aromatic rings. The Hall–Kier alpha value is 0.0200. The number of aliphatic hydroxyl groups is 1. The highest BCUT2D eigenvalue weighted by atomic mass is 31.1. The van der Waals surface area contributed by atoms with Crippen LogP contribution in [0.2, 0.25) is 0 Å². The summed E-state index contributed by atoms with van der Waals surface area (Å²) in [6.45, 7) is 2.31. The normalized spacial score (nSPS) is 11.6. The van der Waals surface area contributed by atoms with Crippen LogP contribution in [0.5, 0.6) is 0 Å². The number of aliphatic hydroxyl groups excluding tert-OH is 1. The third kappa shape index (κ3) is 5.90. The van der Waals surface area contributed by atoms with E-state index in [2.05, 4.69) is 0 Å². The SMILES string of the molecule is CC[P+](=O)OCCCO. The molecule has 0 amide bonds. The summed E-state index contributed by atoms with van der Waals surface area (Å²) < 4.78 is 15.3. The Morgan fingerprint density at radius 2 is 2.33 bits per heavy atom. The van der Waals surface area contributed by atoms with Gasteiger partial charge in [0.1, 0.15) is 6.61 Å². The van der Waals surface area contributed by atoms with E-state index in [1.165, 1.54) is 0 Å². The standard InChI is InChI=1S/C5H12O3P/c1-2-9(7)8-5-3-4-6/h6H,2-5H2,1H3/q+1. The lowest BCUT2D eigenvalue weighted by molar-refractivity contribution is 0.239. The molecular weight excluding hydrogens is 139 g/mol. The molecule has 54 valence electrons. The predicted octanol–water partition coefficient (Wildman–Crippen LogP) is 1.15. The van der Waals surface area contributed by atoms with Gasteiger partial charge in [-0.1, -0.05) is 0 Å². The first kappa shape index (κ1) is 9.02. The van der Waals surface area contributed by atoms with Crippen LogP contribution in [0.4, 0.5) is 0 Å². The van der Waals surface area contributed by atoms with Crippen LogP contribution < -0.4 is 0 Å². The monoisotopic (exact) mass is 151 g/mol. The zero-order chi connectivity index (χ0) is 7.11. The summed E-state index contributed by atoms with van der Waals surface area (Å²) in [6.07, 6.45) is 1.13. The third-order valence-electron chi connectivity index (χ3n) is 0.796. The molecule has 1 atom stereocenters. The fourth-order valence-electron chi connectivity index (χ4n) is 0.322. The average molecular weight is 151 g/mol. The molecule has 3 nitrogen and oxygen atoms in total. The van der Waals surface area contributed by atoms with Gasteiger partial charge in [-0.3, -0.25) is 0 Å². The van der Waals surface area contributed by atoms with Crippen LogP contribution in [0, 0.1) is 0 Å². The van der Waals surface area contributed by atoms with Crippen LogP contribution in [-0.2, 0) is 9.09 Å². The highest BCUT2D eigenvalue weighted by Gasteiger charge is 2.10. The van der Waals surface area contributed by atoms with E-state index in [1.807, 2.05) is 0 Å². The molecule has 0 aromatic carbocycles. The van der Waals surface area contributed by atoms with Gasteiger partial charge in [-0.25, -0.2) is 0 Å². The van der Waals surface area contributed by atoms with Gasteiger partial charge >= 0.3 is 8.03 Å². The molecule has 0 fully saturated rings. The minimum Gasteiger partial charge on any atom is -0.396 e. The van der Waals surface area contributed by atoms with Crippen LogP contribution >= 0.6 is 8.03 Å². The van der Waals surface area contributed by atoms with Crippen molar-refractivity contribution in [3.63, 3.8) is 0 Å². The lowest BCUT2D eigenvalue weighted by Crippen LogP contribution is -1.90. The molecule has 0 spiro atoms. The van der Waals surface area contributed by atoms with Gasteiger partial charge in [-0.05, 0) is 17.9 Å². The maximum Gasteiger partial charge on any atom is 0.507 e. The van der Waals surface area contributed by atoms with Crippen molar-refractivity contribution in [2.45, 2.75) is 13.3 Å². The van der Waals surface area contributed by atoms with Gasteiger partial charge in [0.2, 0.25) is 0 Å². The van der Waals surface area contributed by atoms with Crippen molar-refractivity contribution >= 4 is 8.03 Å². The summed E-state index contributed by atoms with van der Waals surface area (Å²) in [5, 5.41) is 8.28. The van der Waals surface area contributed by atoms with Crippen LogP contribution in [0.25, 0.3) is 0 Å². The van der Waals surface area contributed by atoms with Crippen molar-refractivity contribution in [1.29, 1.82) is 0 Å². The van der Waals surface area contributed by atoms with E-state index in [1.54, 1.807) is 6.92 Å². The molecule has 1 N–H and O–H groups in total. The summed E-state index contributed by atoms with van der Waals surface area (Å²) >= 11 is 0. The molecule has 4 heteroatoms. The first-order chi connectivity index (χ1) is 4.31. The Bertz CT molecular complexity index is 84.3. The van der Waals surface area contributed by atoms with Crippen molar-refractivity contribution in [1.82, 2.24) is 0 Å². The molecule has 0 radical (unpaired) electrons. The third-order valence-corrected chi connectivity index (χ3v) is 1.78. The average Bonchev–Trinajstić information content (AvgIpc) is 1.89. The van der Waals surface area contributed by atoms with Gasteiger partial charge < -0.3 is 5.11 Å². The Balaban J connectivity index is 2.97. The first-order valence-corrected chi connectivity index (χ1v) is 4.36. The highest BCUT2D eigenvalue weighted by molar-refractivity contribution is 7.39. The Labute approximate surface area is 55.9 Å². The molecule has 0 aliphatic carbocycles. The molecule has 0 heterocycles.